The largest absolute Gasteiger partial charge is 0.481 e. The van der Waals surface area contributed by atoms with Gasteiger partial charge in [-0.1, -0.05) is 0 Å². The third-order valence-electron chi connectivity index (χ3n) is 2.07. The molecule has 0 amide bonds. The van der Waals surface area contributed by atoms with Crippen molar-refractivity contribution in [1.29, 1.82) is 0 Å². The van der Waals surface area contributed by atoms with E-state index in [1.807, 2.05) is 0 Å². The third kappa shape index (κ3) is 7.74. The Bertz CT molecular complexity index is 448. The molecule has 2 aromatic rings. The molecule has 0 aliphatic rings. The van der Waals surface area contributed by atoms with Gasteiger partial charge in [-0.3, -0.25) is 0 Å². The lowest BCUT2D eigenvalue weighted by molar-refractivity contribution is 0.371. The Morgan fingerprint density at radius 2 is 0.818 bits per heavy atom. The van der Waals surface area contributed by atoms with Crippen molar-refractivity contribution in [3.05, 3.63) is 24.8 Å². The highest BCUT2D eigenvalue weighted by Gasteiger charge is 1.95. The molecule has 0 atom stereocenters. The fourth-order valence-electron chi connectivity index (χ4n) is 1.09. The van der Waals surface area contributed by atoms with Crippen LogP contribution in [0.3, 0.4) is 0 Å². The highest BCUT2D eigenvalue weighted by molar-refractivity contribution is 8.59. The van der Waals surface area contributed by atoms with Gasteiger partial charge in [0.05, 0.1) is 40.6 Å². The molecule has 8 nitrogen and oxygen atoms in total. The van der Waals surface area contributed by atoms with E-state index in [2.05, 4.69) is 43.3 Å². The molecule has 0 aliphatic carbocycles. The van der Waals surface area contributed by atoms with E-state index in [1.165, 1.54) is 12.7 Å². The second kappa shape index (κ2) is 12.8. The fourth-order valence-corrected chi connectivity index (χ4v) is 1.09. The molecule has 0 aliphatic heterocycles. The summed E-state index contributed by atoms with van der Waals surface area (Å²) in [4.78, 5) is 15.2. The molecule has 0 spiro atoms. The summed E-state index contributed by atoms with van der Waals surface area (Å²) < 4.78 is 19.3. The molecule has 0 saturated heterocycles. The van der Waals surface area contributed by atoms with E-state index < -0.39 is 0 Å². The van der Waals surface area contributed by atoms with Gasteiger partial charge in [0, 0.05) is 0 Å². The van der Waals surface area contributed by atoms with Crippen LogP contribution in [0.15, 0.2) is 24.8 Å². The van der Waals surface area contributed by atoms with Gasteiger partial charge >= 0.3 is 0 Å². The first kappa shape index (κ1) is 20.1. The Balaban J connectivity index is 0.000000360. The minimum atomic E-state index is 0.506. The maximum absolute atomic E-state index is 4.83. The van der Waals surface area contributed by atoms with E-state index >= 15 is 0 Å². The van der Waals surface area contributed by atoms with Crippen LogP contribution in [0.5, 0.6) is 23.5 Å². The zero-order valence-electron chi connectivity index (χ0n) is 12.6. The Morgan fingerprint density at radius 3 is 1.00 bits per heavy atom. The first-order chi connectivity index (χ1) is 10.7. The molecular weight excluding hydrogens is 328 g/mol. The Morgan fingerprint density at radius 1 is 0.591 bits per heavy atom. The summed E-state index contributed by atoms with van der Waals surface area (Å²) in [5.41, 5.74) is 0. The Labute approximate surface area is 139 Å². The molecule has 2 heterocycles. The summed E-state index contributed by atoms with van der Waals surface area (Å²) in [5.74, 6) is 2.03. The van der Waals surface area contributed by atoms with E-state index in [4.69, 9.17) is 18.9 Å². The van der Waals surface area contributed by atoms with Gasteiger partial charge < -0.3 is 18.9 Å². The predicted molar refractivity (Wildman–Crippen MR) is 88.2 cm³/mol. The zero-order chi connectivity index (χ0) is 16.8. The number of aromatic nitrogens is 4. The maximum Gasteiger partial charge on any atom is 0.219 e. The first-order valence-electron chi connectivity index (χ1n) is 5.73. The summed E-state index contributed by atoms with van der Waals surface area (Å²) >= 11 is 6.44. The Hall–Kier alpha value is -1.94. The van der Waals surface area contributed by atoms with Crippen molar-refractivity contribution in [2.45, 2.75) is 0 Å². The predicted octanol–water partition coefficient (Wildman–Crippen LogP) is 1.75. The van der Waals surface area contributed by atoms with Crippen LogP contribution < -0.4 is 18.9 Å². The molecule has 2 rings (SSSR count). The van der Waals surface area contributed by atoms with Crippen LogP contribution >= 0.6 is 23.3 Å². The van der Waals surface area contributed by atoms with E-state index in [0.717, 1.165) is 0 Å². The first-order valence-corrected chi connectivity index (χ1v) is 7.33. The highest BCUT2D eigenvalue weighted by Crippen LogP contribution is 2.11. The van der Waals surface area contributed by atoms with Crippen molar-refractivity contribution in [3.8, 4) is 23.5 Å². The van der Waals surface area contributed by atoms with Crippen LogP contribution in [0.2, 0.25) is 0 Å². The monoisotopic (exact) mass is 346 g/mol. The van der Waals surface area contributed by atoms with Gasteiger partial charge in [-0.25, -0.2) is 19.9 Å². The van der Waals surface area contributed by atoms with E-state index in [1.54, 1.807) is 40.6 Å². The molecule has 22 heavy (non-hydrogen) atoms. The van der Waals surface area contributed by atoms with Crippen LogP contribution in [0.1, 0.15) is 0 Å². The van der Waals surface area contributed by atoms with Crippen molar-refractivity contribution >= 4 is 23.3 Å². The summed E-state index contributed by atoms with van der Waals surface area (Å²) in [6.45, 7) is 0. The second-order valence-electron chi connectivity index (χ2n) is 3.21. The molecule has 0 bridgehead atoms. The van der Waals surface area contributed by atoms with Gasteiger partial charge in [0.1, 0.15) is 12.7 Å². The zero-order valence-corrected chi connectivity index (χ0v) is 14.4. The number of nitrogens with zero attached hydrogens (tertiary/aromatic N) is 4. The highest BCUT2D eigenvalue weighted by atomic mass is 33.1. The van der Waals surface area contributed by atoms with E-state index in [0.29, 0.717) is 23.5 Å². The standard InChI is InChI=1S/2C6H8N2O2.H2S2/c2*1-9-5-3-6(10-2)8-4-7-5;1-2/h2*3-4H,1-2H3;1-2H. The van der Waals surface area contributed by atoms with Gasteiger partial charge in [-0.15, -0.1) is 23.3 Å². The van der Waals surface area contributed by atoms with Crippen molar-refractivity contribution in [2.75, 3.05) is 28.4 Å². The molecule has 2 aromatic heterocycles. The molecule has 0 N–H and O–H groups in total. The number of rotatable bonds is 4. The van der Waals surface area contributed by atoms with Crippen molar-refractivity contribution in [3.63, 3.8) is 0 Å². The van der Waals surface area contributed by atoms with Crippen molar-refractivity contribution < 1.29 is 18.9 Å². The van der Waals surface area contributed by atoms with Crippen molar-refractivity contribution in [2.24, 2.45) is 0 Å². The second-order valence-corrected chi connectivity index (χ2v) is 3.21. The number of hydrogen-bond acceptors (Lipinski definition) is 10. The minimum absolute atomic E-state index is 0.506. The van der Waals surface area contributed by atoms with E-state index in [9.17, 15) is 0 Å². The fraction of sp³-hybridized carbons (Fsp3) is 0.333. The molecule has 122 valence electrons. The molecular formula is C12H18N4O4S2. The van der Waals surface area contributed by atoms with Gasteiger partial charge in [0.15, 0.2) is 0 Å². The van der Waals surface area contributed by atoms with Crippen LogP contribution in [0.4, 0.5) is 0 Å². The molecule has 0 saturated carbocycles. The molecule has 0 unspecified atom stereocenters. The SMILES string of the molecule is COc1cc(OC)ncn1.COc1cc(OC)ncn1.SS. The summed E-state index contributed by atoms with van der Waals surface area (Å²) in [6, 6.07) is 3.22. The summed E-state index contributed by atoms with van der Waals surface area (Å²) in [5, 5.41) is 0. The van der Waals surface area contributed by atoms with Gasteiger partial charge in [-0.2, -0.15) is 0 Å². The number of methoxy groups -OCH3 is 4. The van der Waals surface area contributed by atoms with Gasteiger partial charge in [0.25, 0.3) is 0 Å². The van der Waals surface area contributed by atoms with Crippen LogP contribution in [0.25, 0.3) is 0 Å². The van der Waals surface area contributed by atoms with E-state index in [-0.39, 0.29) is 0 Å². The third-order valence-corrected chi connectivity index (χ3v) is 2.07. The van der Waals surface area contributed by atoms with Crippen LogP contribution in [-0.2, 0) is 0 Å². The maximum atomic E-state index is 4.83. The van der Waals surface area contributed by atoms with Gasteiger partial charge in [0.2, 0.25) is 23.5 Å². The number of ether oxygens (including phenoxy) is 4. The number of thiol groups is 2. The molecule has 0 aromatic carbocycles. The quantitative estimate of drug-likeness (QED) is 0.639. The lowest BCUT2D eigenvalue weighted by atomic mass is 10.6. The number of hydrogen-bond donors (Lipinski definition) is 2. The van der Waals surface area contributed by atoms with Crippen LogP contribution in [0, 0.1) is 0 Å². The summed E-state index contributed by atoms with van der Waals surface area (Å²) in [6.07, 6.45) is 2.77. The molecule has 10 heteroatoms. The van der Waals surface area contributed by atoms with Gasteiger partial charge in [-0.05, 0) is 0 Å². The lowest BCUT2D eigenvalue weighted by Crippen LogP contribution is -1.91. The minimum Gasteiger partial charge on any atom is -0.481 e. The smallest absolute Gasteiger partial charge is 0.219 e. The molecule has 0 fully saturated rings. The van der Waals surface area contributed by atoms with Crippen LogP contribution in [-0.4, -0.2) is 48.4 Å². The normalized spacial score (nSPS) is 8.45. The lowest BCUT2D eigenvalue weighted by Gasteiger charge is -1.99. The average Bonchev–Trinajstić information content (AvgIpc) is 2.63. The summed E-state index contributed by atoms with van der Waals surface area (Å²) in [7, 11) is 6.17. The molecule has 0 radical (unpaired) electrons. The Kier molecular flexibility index (Phi) is 11.6. The average molecular weight is 346 g/mol. The van der Waals surface area contributed by atoms with Crippen molar-refractivity contribution in [1.82, 2.24) is 19.9 Å². The topological polar surface area (TPSA) is 88.5 Å².